The van der Waals surface area contributed by atoms with E-state index in [9.17, 15) is 22.8 Å². The van der Waals surface area contributed by atoms with Crippen LogP contribution in [-0.4, -0.2) is 53.9 Å². The fraction of sp³-hybridized carbons (Fsp3) is 0.808. The molecule has 2 aliphatic carbocycles. The van der Waals surface area contributed by atoms with E-state index in [4.69, 9.17) is 0 Å². The van der Waals surface area contributed by atoms with Gasteiger partial charge in [0.25, 0.3) is 5.91 Å². The minimum absolute atomic E-state index is 0.0309. The minimum Gasteiger partial charge on any atom is -0.340 e. The van der Waals surface area contributed by atoms with Gasteiger partial charge in [-0.1, -0.05) is 33.3 Å². The number of nitrogens with zero attached hydrogens (tertiary/aromatic N) is 1. The number of nitrogens with one attached hydrogen (secondary N) is 2. The average molecular weight is 510 g/mol. The van der Waals surface area contributed by atoms with E-state index < -0.39 is 32.3 Å². The highest BCUT2D eigenvalue weighted by atomic mass is 32.2. The van der Waals surface area contributed by atoms with Crippen molar-refractivity contribution in [1.29, 1.82) is 0 Å². The summed E-state index contributed by atoms with van der Waals surface area (Å²) in [6.45, 7) is 12.1. The molecule has 5 atom stereocenters. The van der Waals surface area contributed by atoms with Crippen LogP contribution in [0.4, 0.5) is 0 Å². The van der Waals surface area contributed by atoms with E-state index in [1.165, 1.54) is 0 Å². The number of likely N-dealkylation sites (tertiary alicyclic amines) is 1. The zero-order valence-corrected chi connectivity index (χ0v) is 22.6. The standard InChI is InChI=1S/C26H43N3O5S/c1-6-8-10-18(3)15-19(4)16-22(30)29-14-9-11-21(29)23(31)27-26(17-20(26)7-2)24(32)28-35(33,34)25(5)12-13-25/h6,18-21H,1,7-17H2,2-5H3,(H,27,31)(H,28,32). The van der Waals surface area contributed by atoms with Gasteiger partial charge in [0.2, 0.25) is 21.8 Å². The van der Waals surface area contributed by atoms with Crippen molar-refractivity contribution in [3.63, 3.8) is 0 Å². The number of hydrogen-bond acceptors (Lipinski definition) is 5. The Balaban J connectivity index is 1.61. The van der Waals surface area contributed by atoms with Crippen LogP contribution in [0.3, 0.4) is 0 Å². The second-order valence-corrected chi connectivity index (χ2v) is 13.6. The largest absolute Gasteiger partial charge is 0.340 e. The summed E-state index contributed by atoms with van der Waals surface area (Å²) in [5, 5.41) is 2.88. The van der Waals surface area contributed by atoms with Crippen LogP contribution in [0.1, 0.15) is 91.9 Å². The first-order valence-corrected chi connectivity index (χ1v) is 14.7. The second kappa shape index (κ2) is 10.6. The molecule has 0 aromatic heterocycles. The number of allylic oxidation sites excluding steroid dienone is 1. The van der Waals surface area contributed by atoms with Crippen molar-refractivity contribution in [1.82, 2.24) is 14.9 Å². The van der Waals surface area contributed by atoms with Crippen molar-refractivity contribution < 1.29 is 22.8 Å². The van der Waals surface area contributed by atoms with Gasteiger partial charge < -0.3 is 10.2 Å². The highest BCUT2D eigenvalue weighted by Crippen LogP contribution is 2.48. The quantitative estimate of drug-likeness (QED) is 0.370. The van der Waals surface area contributed by atoms with Gasteiger partial charge in [-0.05, 0) is 76.0 Å². The first kappa shape index (κ1) is 27.7. The molecule has 2 N–H and O–H groups in total. The van der Waals surface area contributed by atoms with Crippen LogP contribution in [0.2, 0.25) is 0 Å². The molecule has 1 aliphatic heterocycles. The van der Waals surface area contributed by atoms with Gasteiger partial charge in [0, 0.05) is 13.0 Å². The molecule has 5 unspecified atom stereocenters. The molecule has 0 bridgehead atoms. The molecule has 0 spiro atoms. The fourth-order valence-electron chi connectivity index (χ4n) is 5.44. The maximum Gasteiger partial charge on any atom is 0.259 e. The van der Waals surface area contributed by atoms with Crippen LogP contribution in [0.5, 0.6) is 0 Å². The Morgan fingerprint density at radius 3 is 2.46 bits per heavy atom. The van der Waals surface area contributed by atoms with Crippen LogP contribution in [0.25, 0.3) is 0 Å². The molecule has 3 rings (SSSR count). The van der Waals surface area contributed by atoms with Crippen molar-refractivity contribution >= 4 is 27.7 Å². The summed E-state index contributed by atoms with van der Waals surface area (Å²) in [5.74, 6) is -0.437. The molecule has 0 radical (unpaired) electrons. The van der Waals surface area contributed by atoms with Crippen molar-refractivity contribution in [3.05, 3.63) is 12.7 Å². The van der Waals surface area contributed by atoms with Gasteiger partial charge in [0.05, 0.1) is 4.75 Å². The molecule has 0 aromatic rings. The van der Waals surface area contributed by atoms with Gasteiger partial charge in [-0.15, -0.1) is 6.58 Å². The fourth-order valence-corrected chi connectivity index (χ4v) is 6.75. The number of carbonyl (C=O) groups excluding carboxylic acids is 3. The molecule has 1 saturated heterocycles. The third kappa shape index (κ3) is 6.09. The van der Waals surface area contributed by atoms with Crippen molar-refractivity contribution in [2.24, 2.45) is 17.8 Å². The molecule has 35 heavy (non-hydrogen) atoms. The number of amides is 3. The highest BCUT2D eigenvalue weighted by molar-refractivity contribution is 7.91. The van der Waals surface area contributed by atoms with Crippen molar-refractivity contribution in [2.45, 2.75) is 108 Å². The maximum atomic E-state index is 13.3. The summed E-state index contributed by atoms with van der Waals surface area (Å²) in [6, 6.07) is -0.617. The Kier molecular flexibility index (Phi) is 8.39. The topological polar surface area (TPSA) is 113 Å². The van der Waals surface area contributed by atoms with Gasteiger partial charge in [-0.3, -0.25) is 19.1 Å². The van der Waals surface area contributed by atoms with Crippen LogP contribution in [-0.2, 0) is 24.4 Å². The lowest BCUT2D eigenvalue weighted by atomic mass is 9.91. The monoisotopic (exact) mass is 509 g/mol. The zero-order valence-electron chi connectivity index (χ0n) is 21.8. The minimum atomic E-state index is -3.79. The number of carbonyl (C=O) groups is 3. The molecule has 3 fully saturated rings. The van der Waals surface area contributed by atoms with Crippen molar-refractivity contribution in [2.75, 3.05) is 6.54 Å². The molecular formula is C26H43N3O5S. The van der Waals surface area contributed by atoms with E-state index in [0.717, 1.165) is 25.7 Å². The summed E-state index contributed by atoms with van der Waals surface area (Å²) < 4.78 is 26.6. The molecular weight excluding hydrogens is 466 g/mol. The van der Waals surface area contributed by atoms with Gasteiger partial charge >= 0.3 is 0 Å². The zero-order chi connectivity index (χ0) is 26.0. The first-order valence-electron chi connectivity index (χ1n) is 13.2. The van der Waals surface area contributed by atoms with E-state index in [1.807, 2.05) is 13.0 Å². The van der Waals surface area contributed by atoms with Crippen molar-refractivity contribution in [3.8, 4) is 0 Å². The Hall–Kier alpha value is -1.90. The summed E-state index contributed by atoms with van der Waals surface area (Å²) >= 11 is 0. The lowest BCUT2D eigenvalue weighted by molar-refractivity contribution is -0.140. The summed E-state index contributed by atoms with van der Waals surface area (Å²) in [6.07, 6.45) is 8.66. The Bertz CT molecular complexity index is 945. The maximum absolute atomic E-state index is 13.3. The van der Waals surface area contributed by atoms with E-state index in [-0.39, 0.29) is 23.7 Å². The van der Waals surface area contributed by atoms with E-state index in [2.05, 4.69) is 30.5 Å². The van der Waals surface area contributed by atoms with Crippen LogP contribution < -0.4 is 10.0 Å². The lowest BCUT2D eigenvalue weighted by Gasteiger charge is -2.28. The van der Waals surface area contributed by atoms with Crippen LogP contribution in [0.15, 0.2) is 12.7 Å². The predicted molar refractivity (Wildman–Crippen MR) is 136 cm³/mol. The number of sulfonamides is 1. The van der Waals surface area contributed by atoms with Gasteiger partial charge in [0.15, 0.2) is 0 Å². The molecule has 3 amide bonds. The predicted octanol–water partition coefficient (Wildman–Crippen LogP) is 3.28. The number of rotatable bonds is 13. The lowest BCUT2D eigenvalue weighted by Crippen LogP contribution is -2.57. The van der Waals surface area contributed by atoms with E-state index >= 15 is 0 Å². The van der Waals surface area contributed by atoms with Gasteiger partial charge in [0.1, 0.15) is 11.6 Å². The molecule has 2 saturated carbocycles. The SMILES string of the molecule is C=CCCC(C)CC(C)CC(=O)N1CCCC1C(=O)NC1(C(=O)NS(=O)(=O)C2(C)CC2)CC1CC. The molecule has 9 heteroatoms. The summed E-state index contributed by atoms with van der Waals surface area (Å²) in [5.41, 5.74) is -1.21. The van der Waals surface area contributed by atoms with Gasteiger partial charge in [-0.25, -0.2) is 8.42 Å². The normalized spacial score (nSPS) is 28.6. The molecule has 1 heterocycles. The number of hydrogen-bond donors (Lipinski definition) is 2. The van der Waals surface area contributed by atoms with Crippen LogP contribution >= 0.6 is 0 Å². The third-order valence-corrected chi connectivity index (χ3v) is 10.4. The smallest absolute Gasteiger partial charge is 0.259 e. The van der Waals surface area contributed by atoms with Crippen LogP contribution in [0, 0.1) is 17.8 Å². The second-order valence-electron chi connectivity index (χ2n) is 11.4. The highest BCUT2D eigenvalue weighted by Gasteiger charge is 2.62. The Labute approximate surface area is 210 Å². The molecule has 8 nitrogen and oxygen atoms in total. The Morgan fingerprint density at radius 1 is 1.20 bits per heavy atom. The molecule has 0 aromatic carbocycles. The Morgan fingerprint density at radius 2 is 1.89 bits per heavy atom. The average Bonchev–Trinajstić information content (AvgIpc) is 3.65. The van der Waals surface area contributed by atoms with Gasteiger partial charge in [-0.2, -0.15) is 0 Å². The summed E-state index contributed by atoms with van der Waals surface area (Å²) in [4.78, 5) is 41.1. The van der Waals surface area contributed by atoms with E-state index in [0.29, 0.717) is 51.0 Å². The summed E-state index contributed by atoms with van der Waals surface area (Å²) in [7, 11) is -3.79. The molecule has 198 valence electrons. The third-order valence-electron chi connectivity index (χ3n) is 8.25. The first-order chi connectivity index (χ1) is 16.4. The molecule has 3 aliphatic rings. The van der Waals surface area contributed by atoms with E-state index in [1.54, 1.807) is 11.8 Å².